The fourth-order valence-corrected chi connectivity index (χ4v) is 8.59. The van der Waals surface area contributed by atoms with Crippen LogP contribution in [0, 0.1) is 0 Å². The van der Waals surface area contributed by atoms with E-state index in [-0.39, 0.29) is 0 Å². The van der Waals surface area contributed by atoms with Crippen LogP contribution < -0.4 is 15.3 Å². The highest BCUT2D eigenvalue weighted by Gasteiger charge is 2.24. The van der Waals surface area contributed by atoms with Gasteiger partial charge in [0, 0.05) is 38.8 Å². The van der Waals surface area contributed by atoms with Crippen LogP contribution in [0.1, 0.15) is 18.4 Å². The Balaban J connectivity index is 1.26. The zero-order chi connectivity index (χ0) is 35.8. The number of rotatable bonds is 7. The van der Waals surface area contributed by atoms with Crippen molar-refractivity contribution >= 4 is 50.5 Å². The average molecular weight is 691 g/mol. The van der Waals surface area contributed by atoms with Crippen LogP contribution in [0.5, 0.6) is 0 Å². The van der Waals surface area contributed by atoms with Crippen LogP contribution in [0.4, 0.5) is 17.1 Å². The van der Waals surface area contributed by atoms with E-state index >= 15 is 0 Å². The van der Waals surface area contributed by atoms with E-state index in [9.17, 15) is 0 Å². The molecule has 1 aliphatic carbocycles. The molecule has 0 N–H and O–H groups in total. The average Bonchev–Trinajstić information content (AvgIpc) is 3.59. The van der Waals surface area contributed by atoms with E-state index in [4.69, 9.17) is 0 Å². The lowest BCUT2D eigenvalue weighted by Crippen LogP contribution is -2.32. The van der Waals surface area contributed by atoms with Gasteiger partial charge >= 0.3 is 0 Å². The summed E-state index contributed by atoms with van der Waals surface area (Å²) in [4.78, 5) is 2.48. The van der Waals surface area contributed by atoms with Crippen LogP contribution in [0.3, 0.4) is 0 Å². The van der Waals surface area contributed by atoms with Gasteiger partial charge in [0.05, 0.1) is 22.4 Å². The molecule has 0 spiro atoms. The molecule has 0 bridgehead atoms. The summed E-state index contributed by atoms with van der Waals surface area (Å²) < 4.78 is 2.44. The minimum atomic E-state index is 0.967. The molecular weight excluding hydrogens is 653 g/mol. The number of aromatic nitrogens is 1. The van der Waals surface area contributed by atoms with Crippen molar-refractivity contribution in [1.82, 2.24) is 4.57 Å². The number of para-hydroxylation sites is 6. The third-order valence-corrected chi connectivity index (χ3v) is 10.9. The highest BCUT2D eigenvalue weighted by atomic mass is 15.1. The summed E-state index contributed by atoms with van der Waals surface area (Å²) in [5.74, 6) is 0. The van der Waals surface area contributed by atoms with Crippen molar-refractivity contribution in [2.75, 3.05) is 4.90 Å². The minimum Gasteiger partial charge on any atom is -0.309 e. The Kier molecular flexibility index (Phi) is 8.00. The molecule has 8 aromatic carbocycles. The number of benzene rings is 8. The van der Waals surface area contributed by atoms with E-state index in [1.54, 1.807) is 0 Å². The van der Waals surface area contributed by atoms with Crippen LogP contribution in [0.15, 0.2) is 200 Å². The second-order valence-electron chi connectivity index (χ2n) is 14.0. The molecule has 0 aliphatic heterocycles. The third kappa shape index (κ3) is 5.35. The first-order valence-electron chi connectivity index (χ1n) is 18.8. The first-order chi connectivity index (χ1) is 26.8. The summed E-state index contributed by atoms with van der Waals surface area (Å²) in [5, 5.41) is 5.13. The second-order valence-corrected chi connectivity index (χ2v) is 14.0. The Labute approximate surface area is 315 Å². The maximum atomic E-state index is 2.48. The molecule has 2 nitrogen and oxygen atoms in total. The Hall–Kier alpha value is -6.90. The van der Waals surface area contributed by atoms with Crippen LogP contribution >= 0.6 is 0 Å². The van der Waals surface area contributed by atoms with Crippen molar-refractivity contribution in [3.63, 3.8) is 0 Å². The Bertz CT molecular complexity index is 2920. The number of hydrogen-bond donors (Lipinski definition) is 0. The maximum absolute atomic E-state index is 2.48. The van der Waals surface area contributed by atoms with Crippen molar-refractivity contribution in [2.24, 2.45) is 0 Å². The highest BCUT2D eigenvalue weighted by Crippen LogP contribution is 2.46. The zero-order valence-corrected chi connectivity index (χ0v) is 29.9. The van der Waals surface area contributed by atoms with Crippen LogP contribution in [-0.2, 0) is 0 Å². The molecule has 0 saturated heterocycles. The molecule has 0 atom stereocenters. The van der Waals surface area contributed by atoms with Crippen molar-refractivity contribution in [2.45, 2.75) is 12.8 Å². The molecule has 0 saturated carbocycles. The third-order valence-electron chi connectivity index (χ3n) is 10.9. The van der Waals surface area contributed by atoms with Crippen molar-refractivity contribution < 1.29 is 0 Å². The quantitative estimate of drug-likeness (QED) is 0.162. The fraction of sp³-hybridized carbons (Fsp3) is 0.0385. The van der Waals surface area contributed by atoms with Gasteiger partial charge in [-0.2, -0.15) is 0 Å². The molecule has 9 aromatic rings. The summed E-state index contributed by atoms with van der Waals surface area (Å²) in [7, 11) is 0. The molecule has 54 heavy (non-hydrogen) atoms. The van der Waals surface area contributed by atoms with Gasteiger partial charge in [0.2, 0.25) is 0 Å². The number of anilines is 3. The first kappa shape index (κ1) is 31.8. The number of fused-ring (bicyclic) bond motifs is 4. The summed E-state index contributed by atoms with van der Waals surface area (Å²) in [6.45, 7) is 0. The first-order valence-corrected chi connectivity index (χ1v) is 18.8. The minimum absolute atomic E-state index is 0.967. The molecule has 0 fully saturated rings. The van der Waals surface area contributed by atoms with Gasteiger partial charge in [-0.1, -0.05) is 164 Å². The van der Waals surface area contributed by atoms with Gasteiger partial charge in [-0.25, -0.2) is 0 Å². The molecule has 1 heterocycles. The van der Waals surface area contributed by atoms with E-state index < -0.39 is 0 Å². The molecule has 2 heteroatoms. The Morgan fingerprint density at radius 1 is 0.426 bits per heavy atom. The normalized spacial score (nSPS) is 12.4. The molecular formula is C52H38N2. The van der Waals surface area contributed by atoms with Crippen LogP contribution in [0.25, 0.3) is 61.4 Å². The van der Waals surface area contributed by atoms with Crippen LogP contribution in [0.2, 0.25) is 0 Å². The Morgan fingerprint density at radius 3 is 1.80 bits per heavy atom. The molecule has 10 rings (SSSR count). The summed E-state index contributed by atoms with van der Waals surface area (Å²) in [6.07, 6.45) is 4.38. The van der Waals surface area contributed by atoms with Gasteiger partial charge in [0.25, 0.3) is 0 Å². The predicted molar refractivity (Wildman–Crippen MR) is 228 cm³/mol. The van der Waals surface area contributed by atoms with Crippen molar-refractivity contribution in [3.8, 4) is 27.9 Å². The number of hydrogen-bond acceptors (Lipinski definition) is 1. The zero-order valence-electron chi connectivity index (χ0n) is 29.9. The summed E-state index contributed by atoms with van der Waals surface area (Å²) in [5.41, 5.74) is 14.5. The molecule has 1 aliphatic rings. The lowest BCUT2D eigenvalue weighted by atomic mass is 9.88. The maximum Gasteiger partial charge on any atom is 0.0620 e. The van der Waals surface area contributed by atoms with E-state index in [0.717, 1.165) is 35.6 Å². The van der Waals surface area contributed by atoms with Gasteiger partial charge in [-0.05, 0) is 82.4 Å². The molecule has 0 radical (unpaired) electrons. The summed E-state index contributed by atoms with van der Waals surface area (Å²) >= 11 is 0. The van der Waals surface area contributed by atoms with E-state index in [2.05, 4.69) is 216 Å². The van der Waals surface area contributed by atoms with Gasteiger partial charge < -0.3 is 9.47 Å². The lowest BCUT2D eigenvalue weighted by molar-refractivity contribution is 1.07. The van der Waals surface area contributed by atoms with Crippen molar-refractivity contribution in [3.05, 3.63) is 216 Å². The standard InChI is InChI=1S/C52H38N2/c1-4-19-37(20-5-1)41-30-16-21-38-22-17-31-45(51(38)41)42-27-10-13-34-48(42)53(39-23-6-2-7-24-39)49-35-14-11-28-43(49)46-32-18-33-47-44-29-12-15-36-50(44)54(52(46)47)40-25-8-3-9-26-40/h1-16,18-30,32-36H,17,31H2. The van der Waals surface area contributed by atoms with Crippen LogP contribution in [-0.4, -0.2) is 4.57 Å². The second kappa shape index (κ2) is 13.6. The van der Waals surface area contributed by atoms with E-state index in [0.29, 0.717) is 0 Å². The van der Waals surface area contributed by atoms with Gasteiger partial charge in [0.15, 0.2) is 0 Å². The van der Waals surface area contributed by atoms with Crippen molar-refractivity contribution in [1.29, 1.82) is 0 Å². The number of nitrogens with zero attached hydrogens (tertiary/aromatic N) is 2. The monoisotopic (exact) mass is 690 g/mol. The largest absolute Gasteiger partial charge is 0.309 e. The molecule has 0 unspecified atom stereocenters. The summed E-state index contributed by atoms with van der Waals surface area (Å²) in [6, 6.07) is 72.7. The van der Waals surface area contributed by atoms with Gasteiger partial charge in [0.1, 0.15) is 0 Å². The SMILES string of the molecule is C1=c2cccc(-c3ccccc3)c2=C(c2ccccc2N(c2ccccc2)c2ccccc2-c2cccc3c4ccccc4n(-c4ccccc4)c23)CC1. The smallest absolute Gasteiger partial charge is 0.0620 e. The molecule has 256 valence electrons. The van der Waals surface area contributed by atoms with Gasteiger partial charge in [-0.3, -0.25) is 0 Å². The highest BCUT2D eigenvalue weighted by molar-refractivity contribution is 6.14. The lowest BCUT2D eigenvalue weighted by Gasteiger charge is -2.31. The fourth-order valence-electron chi connectivity index (χ4n) is 8.59. The topological polar surface area (TPSA) is 8.17 Å². The predicted octanol–water partition coefficient (Wildman–Crippen LogP) is 12.4. The van der Waals surface area contributed by atoms with E-state index in [1.165, 1.54) is 65.6 Å². The van der Waals surface area contributed by atoms with Gasteiger partial charge in [-0.15, -0.1) is 0 Å². The van der Waals surface area contributed by atoms with E-state index in [1.807, 2.05) is 0 Å². The molecule has 0 amide bonds. The molecule has 1 aromatic heterocycles. The Morgan fingerprint density at radius 2 is 1.00 bits per heavy atom.